The molecular weight excluding hydrogens is 219 g/mol. The van der Waals surface area contributed by atoms with Gasteiger partial charge in [0.05, 0.1) is 18.6 Å². The minimum atomic E-state index is -4.24. The van der Waals surface area contributed by atoms with Crippen molar-refractivity contribution in [2.24, 2.45) is 0 Å². The third kappa shape index (κ3) is 3.81. The molecule has 0 fully saturated rings. The summed E-state index contributed by atoms with van der Waals surface area (Å²) in [5.41, 5.74) is 1.11. The van der Waals surface area contributed by atoms with Crippen molar-refractivity contribution in [2.75, 3.05) is 6.61 Å². The molecule has 0 unspecified atom stereocenters. The SMILES string of the molecule is Cc1ccc(OCCC(F)(F)F)c(C#N)c1. The van der Waals surface area contributed by atoms with E-state index in [4.69, 9.17) is 10.00 Å². The van der Waals surface area contributed by atoms with Crippen molar-refractivity contribution in [3.8, 4) is 11.8 Å². The maximum Gasteiger partial charge on any atom is 0.392 e. The van der Waals surface area contributed by atoms with Gasteiger partial charge in [-0.05, 0) is 24.6 Å². The number of hydrogen-bond donors (Lipinski definition) is 0. The fraction of sp³-hybridized carbons (Fsp3) is 0.364. The number of nitrogens with zero attached hydrogens (tertiary/aromatic N) is 1. The highest BCUT2D eigenvalue weighted by molar-refractivity contribution is 5.45. The molecule has 5 heteroatoms. The van der Waals surface area contributed by atoms with Crippen LogP contribution in [0.4, 0.5) is 13.2 Å². The number of benzene rings is 1. The molecule has 0 amide bonds. The summed E-state index contributed by atoms with van der Waals surface area (Å²) in [5, 5.41) is 8.75. The zero-order valence-corrected chi connectivity index (χ0v) is 8.64. The molecular formula is C11H10F3NO. The highest BCUT2D eigenvalue weighted by Gasteiger charge is 2.26. The van der Waals surface area contributed by atoms with Gasteiger partial charge in [-0.1, -0.05) is 6.07 Å². The van der Waals surface area contributed by atoms with Gasteiger partial charge < -0.3 is 4.74 Å². The largest absolute Gasteiger partial charge is 0.492 e. The predicted octanol–water partition coefficient (Wildman–Crippen LogP) is 3.20. The zero-order valence-electron chi connectivity index (χ0n) is 8.64. The fourth-order valence-electron chi connectivity index (χ4n) is 1.13. The summed E-state index contributed by atoms with van der Waals surface area (Å²) in [6, 6.07) is 6.64. The molecule has 0 aliphatic carbocycles. The lowest BCUT2D eigenvalue weighted by atomic mass is 10.1. The fourth-order valence-corrected chi connectivity index (χ4v) is 1.13. The Bertz CT molecular complexity index is 407. The van der Waals surface area contributed by atoms with Crippen molar-refractivity contribution in [2.45, 2.75) is 19.5 Å². The average molecular weight is 229 g/mol. The molecule has 0 spiro atoms. The maximum absolute atomic E-state index is 11.9. The molecule has 0 atom stereocenters. The Balaban J connectivity index is 2.65. The molecule has 0 aliphatic heterocycles. The van der Waals surface area contributed by atoms with Crippen molar-refractivity contribution in [1.29, 1.82) is 5.26 Å². The lowest BCUT2D eigenvalue weighted by molar-refractivity contribution is -0.139. The Morgan fingerprint density at radius 2 is 2.06 bits per heavy atom. The van der Waals surface area contributed by atoms with Crippen LogP contribution in [0.15, 0.2) is 18.2 Å². The van der Waals surface area contributed by atoms with Crippen molar-refractivity contribution in [1.82, 2.24) is 0 Å². The van der Waals surface area contributed by atoms with Crippen LogP contribution in [0.5, 0.6) is 5.75 Å². The van der Waals surface area contributed by atoms with Crippen LogP contribution in [-0.4, -0.2) is 12.8 Å². The van der Waals surface area contributed by atoms with Gasteiger partial charge in [-0.25, -0.2) is 0 Å². The van der Waals surface area contributed by atoms with E-state index < -0.39 is 19.2 Å². The average Bonchev–Trinajstić information content (AvgIpc) is 2.18. The Morgan fingerprint density at radius 1 is 1.38 bits per heavy atom. The number of ether oxygens (including phenoxy) is 1. The molecule has 0 saturated carbocycles. The van der Waals surface area contributed by atoms with Crippen LogP contribution < -0.4 is 4.74 Å². The Hall–Kier alpha value is -1.70. The number of halogens is 3. The number of aryl methyl sites for hydroxylation is 1. The lowest BCUT2D eigenvalue weighted by Crippen LogP contribution is -2.13. The Kier molecular flexibility index (Phi) is 3.78. The summed E-state index contributed by atoms with van der Waals surface area (Å²) in [6.07, 6.45) is -5.26. The first-order valence-electron chi connectivity index (χ1n) is 4.62. The molecule has 1 rings (SSSR count). The van der Waals surface area contributed by atoms with E-state index in [1.165, 1.54) is 6.07 Å². The van der Waals surface area contributed by atoms with Crippen LogP contribution >= 0.6 is 0 Å². The monoisotopic (exact) mass is 229 g/mol. The topological polar surface area (TPSA) is 33.0 Å². The van der Waals surface area contributed by atoms with Gasteiger partial charge in [0.25, 0.3) is 0 Å². The number of alkyl halides is 3. The van der Waals surface area contributed by atoms with E-state index in [2.05, 4.69) is 0 Å². The minimum absolute atomic E-state index is 0.192. The first kappa shape index (κ1) is 12.4. The van der Waals surface area contributed by atoms with Crippen molar-refractivity contribution >= 4 is 0 Å². The lowest BCUT2D eigenvalue weighted by Gasteiger charge is -2.09. The second kappa shape index (κ2) is 4.88. The molecule has 0 saturated heterocycles. The smallest absolute Gasteiger partial charge is 0.392 e. The van der Waals surface area contributed by atoms with Gasteiger partial charge in [0.15, 0.2) is 0 Å². The summed E-state index contributed by atoms with van der Waals surface area (Å²) in [5.74, 6) is 0.192. The molecule has 0 radical (unpaired) electrons. The van der Waals surface area contributed by atoms with Crippen LogP contribution in [-0.2, 0) is 0 Å². The highest BCUT2D eigenvalue weighted by atomic mass is 19.4. The summed E-state index contributed by atoms with van der Waals surface area (Å²) >= 11 is 0. The Labute approximate surface area is 91.3 Å². The van der Waals surface area contributed by atoms with E-state index in [0.717, 1.165) is 5.56 Å². The maximum atomic E-state index is 11.9. The third-order valence-electron chi connectivity index (χ3n) is 1.90. The molecule has 86 valence electrons. The van der Waals surface area contributed by atoms with Gasteiger partial charge in [-0.15, -0.1) is 0 Å². The van der Waals surface area contributed by atoms with E-state index in [9.17, 15) is 13.2 Å². The Morgan fingerprint density at radius 3 is 2.62 bits per heavy atom. The van der Waals surface area contributed by atoms with E-state index in [1.54, 1.807) is 19.1 Å². The second-order valence-electron chi connectivity index (χ2n) is 3.33. The molecule has 0 aliphatic rings. The van der Waals surface area contributed by atoms with Gasteiger partial charge in [0, 0.05) is 0 Å². The predicted molar refractivity (Wildman–Crippen MR) is 52.1 cm³/mol. The van der Waals surface area contributed by atoms with Crippen LogP contribution in [0.25, 0.3) is 0 Å². The standard InChI is InChI=1S/C11H10F3NO/c1-8-2-3-10(9(6-8)7-15)16-5-4-11(12,13)14/h2-3,6H,4-5H2,1H3. The van der Waals surface area contributed by atoms with Crippen molar-refractivity contribution in [3.63, 3.8) is 0 Å². The quantitative estimate of drug-likeness (QED) is 0.797. The van der Waals surface area contributed by atoms with Gasteiger partial charge >= 0.3 is 6.18 Å². The van der Waals surface area contributed by atoms with Gasteiger partial charge in [-0.3, -0.25) is 0 Å². The number of rotatable bonds is 3. The van der Waals surface area contributed by atoms with Crippen LogP contribution in [0, 0.1) is 18.3 Å². The van der Waals surface area contributed by atoms with E-state index in [1.807, 2.05) is 6.07 Å². The van der Waals surface area contributed by atoms with Crippen LogP contribution in [0.2, 0.25) is 0 Å². The molecule has 1 aromatic carbocycles. The molecule has 2 nitrogen and oxygen atoms in total. The van der Waals surface area contributed by atoms with E-state index in [0.29, 0.717) is 0 Å². The van der Waals surface area contributed by atoms with Crippen LogP contribution in [0.1, 0.15) is 17.5 Å². The zero-order chi connectivity index (χ0) is 12.2. The summed E-state index contributed by atoms with van der Waals surface area (Å²) in [7, 11) is 0. The summed E-state index contributed by atoms with van der Waals surface area (Å²) < 4.78 is 40.5. The van der Waals surface area contributed by atoms with Crippen molar-refractivity contribution in [3.05, 3.63) is 29.3 Å². The first-order valence-corrected chi connectivity index (χ1v) is 4.62. The van der Waals surface area contributed by atoms with E-state index in [-0.39, 0.29) is 11.3 Å². The highest BCUT2D eigenvalue weighted by Crippen LogP contribution is 2.22. The molecule has 16 heavy (non-hydrogen) atoms. The third-order valence-corrected chi connectivity index (χ3v) is 1.90. The minimum Gasteiger partial charge on any atom is -0.492 e. The molecule has 0 bridgehead atoms. The second-order valence-corrected chi connectivity index (χ2v) is 3.33. The molecule has 1 aromatic rings. The van der Waals surface area contributed by atoms with Gasteiger partial charge in [0.1, 0.15) is 11.8 Å². The van der Waals surface area contributed by atoms with Gasteiger partial charge in [-0.2, -0.15) is 18.4 Å². The van der Waals surface area contributed by atoms with Gasteiger partial charge in [0.2, 0.25) is 0 Å². The normalized spacial score (nSPS) is 10.9. The number of nitriles is 1. The number of hydrogen-bond acceptors (Lipinski definition) is 2. The molecule has 0 N–H and O–H groups in total. The summed E-state index contributed by atoms with van der Waals surface area (Å²) in [6.45, 7) is 1.32. The van der Waals surface area contributed by atoms with Crippen LogP contribution in [0.3, 0.4) is 0 Å². The molecule has 0 heterocycles. The first-order chi connectivity index (χ1) is 7.42. The molecule has 0 aromatic heterocycles. The summed E-state index contributed by atoms with van der Waals surface area (Å²) in [4.78, 5) is 0. The van der Waals surface area contributed by atoms with E-state index >= 15 is 0 Å². The van der Waals surface area contributed by atoms with Crippen molar-refractivity contribution < 1.29 is 17.9 Å².